The molecule has 2 rings (SSSR count). The fraction of sp³-hybridized carbons (Fsp3) is 0.0588. The molecule has 0 saturated heterocycles. The molecule has 0 aliphatic rings. The molecule has 0 spiro atoms. The van der Waals surface area contributed by atoms with Crippen molar-refractivity contribution in [1.29, 1.82) is 0 Å². The van der Waals surface area contributed by atoms with Gasteiger partial charge in [-0.3, -0.25) is 4.79 Å². The van der Waals surface area contributed by atoms with Crippen LogP contribution in [-0.4, -0.2) is 11.9 Å². The quantitative estimate of drug-likeness (QED) is 0.733. The maximum Gasteiger partial charge on any atom is 0.416 e. The van der Waals surface area contributed by atoms with Crippen molar-refractivity contribution in [3.8, 4) is 0 Å². The summed E-state index contributed by atoms with van der Waals surface area (Å²) in [5.41, 5.74) is 5.54. The van der Waals surface area contributed by atoms with Gasteiger partial charge in [0, 0.05) is 17.5 Å². The Bertz CT molecular complexity index is 800. The molecule has 4 N–H and O–H groups in total. The molecule has 0 saturated carbocycles. The third kappa shape index (κ3) is 5.69. The molecular formula is C17H14F3N3O2. The molecule has 2 aromatic rings. The van der Waals surface area contributed by atoms with E-state index in [9.17, 15) is 22.8 Å². The van der Waals surface area contributed by atoms with Crippen LogP contribution in [0.1, 0.15) is 11.1 Å². The molecule has 5 nitrogen and oxygen atoms in total. The van der Waals surface area contributed by atoms with Crippen molar-refractivity contribution in [1.82, 2.24) is 0 Å². The van der Waals surface area contributed by atoms with Crippen LogP contribution >= 0.6 is 0 Å². The number of carbonyl (C=O) groups is 2. The van der Waals surface area contributed by atoms with E-state index in [0.29, 0.717) is 16.9 Å². The maximum atomic E-state index is 12.5. The standard InChI is InChI=1S/C17H14F3N3O2/c18-17(19,20)12-7-4-11(5-8-12)6-9-15(24)22-13-2-1-3-14(10-13)23-16(21)25/h1-10H,(H,22,24)(H3,21,23,25)/b9-6+. The number of nitrogens with one attached hydrogen (secondary N) is 2. The first-order valence-corrected chi connectivity index (χ1v) is 7.07. The minimum atomic E-state index is -4.40. The maximum absolute atomic E-state index is 12.5. The number of anilines is 2. The summed E-state index contributed by atoms with van der Waals surface area (Å²) in [7, 11) is 0. The molecule has 0 aliphatic heterocycles. The Hall–Kier alpha value is -3.29. The molecule has 25 heavy (non-hydrogen) atoms. The van der Waals surface area contributed by atoms with Gasteiger partial charge in [-0.2, -0.15) is 13.2 Å². The van der Waals surface area contributed by atoms with Gasteiger partial charge in [-0.15, -0.1) is 0 Å². The molecule has 0 radical (unpaired) electrons. The molecule has 0 fully saturated rings. The van der Waals surface area contributed by atoms with Gasteiger partial charge in [-0.25, -0.2) is 4.79 Å². The van der Waals surface area contributed by atoms with Gasteiger partial charge in [0.2, 0.25) is 5.91 Å². The molecule has 0 heterocycles. The molecule has 3 amide bonds. The normalized spacial score (nSPS) is 11.3. The van der Waals surface area contributed by atoms with Crippen molar-refractivity contribution < 1.29 is 22.8 Å². The predicted octanol–water partition coefficient (Wildman–Crippen LogP) is 3.85. The molecular weight excluding hydrogens is 335 g/mol. The van der Waals surface area contributed by atoms with Gasteiger partial charge >= 0.3 is 12.2 Å². The molecule has 0 atom stereocenters. The molecule has 0 unspecified atom stereocenters. The SMILES string of the molecule is NC(=O)Nc1cccc(NC(=O)/C=C/c2ccc(C(F)(F)F)cc2)c1. The van der Waals surface area contributed by atoms with E-state index < -0.39 is 23.7 Å². The Morgan fingerprint density at radius 2 is 1.56 bits per heavy atom. The minimum absolute atomic E-state index is 0.414. The first-order chi connectivity index (χ1) is 11.7. The number of benzene rings is 2. The lowest BCUT2D eigenvalue weighted by Gasteiger charge is -2.06. The largest absolute Gasteiger partial charge is 0.416 e. The van der Waals surface area contributed by atoms with E-state index in [-0.39, 0.29) is 0 Å². The van der Waals surface area contributed by atoms with Crippen LogP contribution in [0.25, 0.3) is 6.08 Å². The summed E-state index contributed by atoms with van der Waals surface area (Å²) in [6, 6.07) is 10.0. The van der Waals surface area contributed by atoms with E-state index in [0.717, 1.165) is 12.1 Å². The summed E-state index contributed by atoms with van der Waals surface area (Å²) in [5, 5.41) is 4.93. The van der Waals surface area contributed by atoms with E-state index in [1.807, 2.05) is 0 Å². The van der Waals surface area contributed by atoms with Crippen molar-refractivity contribution in [2.45, 2.75) is 6.18 Å². The monoisotopic (exact) mass is 349 g/mol. The number of primary amides is 1. The average molecular weight is 349 g/mol. The number of carbonyl (C=O) groups excluding carboxylic acids is 2. The van der Waals surface area contributed by atoms with E-state index >= 15 is 0 Å². The lowest BCUT2D eigenvalue weighted by Crippen LogP contribution is -2.19. The number of amides is 3. The lowest BCUT2D eigenvalue weighted by molar-refractivity contribution is -0.137. The fourth-order valence-corrected chi connectivity index (χ4v) is 1.96. The van der Waals surface area contributed by atoms with Crippen LogP contribution < -0.4 is 16.4 Å². The summed E-state index contributed by atoms with van der Waals surface area (Å²) in [5.74, 6) is -0.476. The first-order valence-electron chi connectivity index (χ1n) is 7.07. The topological polar surface area (TPSA) is 84.2 Å². The predicted molar refractivity (Wildman–Crippen MR) is 88.8 cm³/mol. The van der Waals surface area contributed by atoms with Crippen molar-refractivity contribution in [2.24, 2.45) is 5.73 Å². The Labute approximate surface area is 141 Å². The summed E-state index contributed by atoms with van der Waals surface area (Å²) in [6.45, 7) is 0. The van der Waals surface area contributed by atoms with Crippen LogP contribution in [0.2, 0.25) is 0 Å². The molecule has 8 heteroatoms. The highest BCUT2D eigenvalue weighted by Gasteiger charge is 2.29. The number of hydrogen-bond acceptors (Lipinski definition) is 2. The van der Waals surface area contributed by atoms with Crippen LogP contribution in [0.3, 0.4) is 0 Å². The third-order valence-corrected chi connectivity index (χ3v) is 3.06. The van der Waals surface area contributed by atoms with Crippen molar-refractivity contribution in [2.75, 3.05) is 10.6 Å². The van der Waals surface area contributed by atoms with Gasteiger partial charge in [-0.1, -0.05) is 18.2 Å². The number of alkyl halides is 3. The van der Waals surface area contributed by atoms with Crippen LogP contribution in [0, 0.1) is 0 Å². The second kappa shape index (κ2) is 7.52. The molecule has 130 valence electrons. The van der Waals surface area contributed by atoms with Crippen LogP contribution in [-0.2, 0) is 11.0 Å². The van der Waals surface area contributed by atoms with Crippen LogP contribution in [0.5, 0.6) is 0 Å². The Morgan fingerprint density at radius 1 is 0.960 bits per heavy atom. The highest BCUT2D eigenvalue weighted by molar-refractivity contribution is 6.02. The van der Waals surface area contributed by atoms with E-state index in [4.69, 9.17) is 5.73 Å². The van der Waals surface area contributed by atoms with Gasteiger partial charge in [0.1, 0.15) is 0 Å². The molecule has 2 aromatic carbocycles. The number of hydrogen-bond donors (Lipinski definition) is 3. The zero-order chi connectivity index (χ0) is 18.4. The highest BCUT2D eigenvalue weighted by atomic mass is 19.4. The Kier molecular flexibility index (Phi) is 5.43. The van der Waals surface area contributed by atoms with Gasteiger partial charge < -0.3 is 16.4 Å². The van der Waals surface area contributed by atoms with Crippen molar-refractivity contribution in [3.05, 3.63) is 65.7 Å². The smallest absolute Gasteiger partial charge is 0.351 e. The third-order valence-electron chi connectivity index (χ3n) is 3.06. The minimum Gasteiger partial charge on any atom is -0.351 e. The zero-order valence-corrected chi connectivity index (χ0v) is 12.8. The number of nitrogens with two attached hydrogens (primary N) is 1. The Balaban J connectivity index is 2.00. The molecule has 0 bridgehead atoms. The van der Waals surface area contributed by atoms with Gasteiger partial charge in [-0.05, 0) is 42.0 Å². The highest BCUT2D eigenvalue weighted by Crippen LogP contribution is 2.29. The van der Waals surface area contributed by atoms with Crippen molar-refractivity contribution in [3.63, 3.8) is 0 Å². The van der Waals surface area contributed by atoms with E-state index in [2.05, 4.69) is 10.6 Å². The number of urea groups is 1. The van der Waals surface area contributed by atoms with Crippen molar-refractivity contribution >= 4 is 29.4 Å². The fourth-order valence-electron chi connectivity index (χ4n) is 1.96. The second-order valence-electron chi connectivity index (χ2n) is 5.01. The zero-order valence-electron chi connectivity index (χ0n) is 12.8. The summed E-state index contributed by atoms with van der Waals surface area (Å²) < 4.78 is 37.4. The van der Waals surface area contributed by atoms with Gasteiger partial charge in [0.25, 0.3) is 0 Å². The van der Waals surface area contributed by atoms with E-state index in [1.54, 1.807) is 18.2 Å². The Morgan fingerprint density at radius 3 is 2.12 bits per heavy atom. The van der Waals surface area contributed by atoms with Gasteiger partial charge in [0.05, 0.1) is 5.56 Å². The van der Waals surface area contributed by atoms with Crippen LogP contribution in [0.4, 0.5) is 29.3 Å². The van der Waals surface area contributed by atoms with Gasteiger partial charge in [0.15, 0.2) is 0 Å². The second-order valence-corrected chi connectivity index (χ2v) is 5.01. The average Bonchev–Trinajstić information content (AvgIpc) is 2.52. The summed E-state index contributed by atoms with van der Waals surface area (Å²) in [6.07, 6.45) is -1.82. The summed E-state index contributed by atoms with van der Waals surface area (Å²) >= 11 is 0. The number of halogens is 3. The molecule has 0 aromatic heterocycles. The summed E-state index contributed by atoms with van der Waals surface area (Å²) in [4.78, 5) is 22.6. The first kappa shape index (κ1) is 18.1. The van der Waals surface area contributed by atoms with Crippen LogP contribution in [0.15, 0.2) is 54.6 Å². The lowest BCUT2D eigenvalue weighted by atomic mass is 10.1. The molecule has 0 aliphatic carbocycles. The number of rotatable bonds is 4. The van der Waals surface area contributed by atoms with E-state index in [1.165, 1.54) is 30.4 Å².